The van der Waals surface area contributed by atoms with Gasteiger partial charge in [-0.15, -0.1) is 0 Å². The van der Waals surface area contributed by atoms with Crippen LogP contribution in [-0.4, -0.2) is 5.72 Å². The lowest BCUT2D eigenvalue weighted by atomic mass is 9.76. The summed E-state index contributed by atoms with van der Waals surface area (Å²) in [5.74, 6) is 0.619. The molecule has 2 heterocycles. The molecule has 26 heavy (non-hydrogen) atoms. The summed E-state index contributed by atoms with van der Waals surface area (Å²) in [5.41, 5.74) is 0.798. The van der Waals surface area contributed by atoms with Crippen molar-refractivity contribution >= 4 is 39.2 Å². The maximum Gasteiger partial charge on any atom is 0.343 e. The van der Waals surface area contributed by atoms with Gasteiger partial charge >= 0.3 is 5.63 Å². The molecule has 1 atom stereocenters. The summed E-state index contributed by atoms with van der Waals surface area (Å²) in [5, 5.41) is 4.33. The van der Waals surface area contributed by atoms with E-state index in [-0.39, 0.29) is 11.0 Å². The fraction of sp³-hybridized carbons (Fsp3) is 0.286. The van der Waals surface area contributed by atoms with Crippen LogP contribution in [0.2, 0.25) is 0 Å². The third-order valence-electron chi connectivity index (χ3n) is 4.80. The van der Waals surface area contributed by atoms with Gasteiger partial charge in [-0.1, -0.05) is 26.0 Å². The van der Waals surface area contributed by atoms with Crippen LogP contribution in [0, 0.1) is 3.57 Å². The van der Waals surface area contributed by atoms with Gasteiger partial charge in [0.15, 0.2) is 5.72 Å². The van der Waals surface area contributed by atoms with Gasteiger partial charge in [0.05, 0.1) is 10.9 Å². The summed E-state index contributed by atoms with van der Waals surface area (Å²) in [6, 6.07) is 15.7. The summed E-state index contributed by atoms with van der Waals surface area (Å²) in [6.45, 7) is 6.15. The Bertz CT molecular complexity index is 1040. The van der Waals surface area contributed by atoms with E-state index in [1.54, 1.807) is 6.07 Å². The molecule has 134 valence electrons. The Kier molecular flexibility index (Phi) is 4.02. The predicted molar refractivity (Wildman–Crippen MR) is 112 cm³/mol. The topological polar surface area (TPSA) is 51.5 Å². The summed E-state index contributed by atoms with van der Waals surface area (Å²) in [4.78, 5) is 12.6. The molecule has 1 unspecified atom stereocenters. The van der Waals surface area contributed by atoms with E-state index in [2.05, 4.69) is 53.9 Å². The van der Waals surface area contributed by atoms with Crippen LogP contribution in [-0.2, 0) is 5.41 Å². The second-order valence-corrected chi connectivity index (χ2v) is 8.86. The number of rotatable bonds is 2. The minimum atomic E-state index is -0.639. The highest BCUT2D eigenvalue weighted by atomic mass is 127. The number of benzene rings is 2. The first kappa shape index (κ1) is 17.4. The SMILES string of the molecule is CC1(Nc2ccc(I)cc2)CC(C)(C)c2c(c3ccccc3oc2=O)O1. The maximum atomic E-state index is 12.6. The Morgan fingerprint density at radius 2 is 1.73 bits per heavy atom. The van der Waals surface area contributed by atoms with Crippen molar-refractivity contribution < 1.29 is 9.15 Å². The first-order valence-electron chi connectivity index (χ1n) is 8.57. The van der Waals surface area contributed by atoms with Gasteiger partial charge < -0.3 is 14.5 Å². The zero-order chi connectivity index (χ0) is 18.5. The molecule has 2 aromatic carbocycles. The van der Waals surface area contributed by atoms with Gasteiger partial charge in [-0.3, -0.25) is 0 Å². The summed E-state index contributed by atoms with van der Waals surface area (Å²) in [7, 11) is 0. The molecule has 5 heteroatoms. The quantitative estimate of drug-likeness (QED) is 0.417. The first-order chi connectivity index (χ1) is 12.3. The Morgan fingerprint density at radius 3 is 2.46 bits per heavy atom. The number of ether oxygens (including phenoxy) is 1. The van der Waals surface area contributed by atoms with Crippen molar-refractivity contribution in [3.05, 3.63) is 68.1 Å². The largest absolute Gasteiger partial charge is 0.467 e. The van der Waals surface area contributed by atoms with Crippen LogP contribution in [0.5, 0.6) is 5.75 Å². The third-order valence-corrected chi connectivity index (χ3v) is 5.52. The van der Waals surface area contributed by atoms with Crippen LogP contribution < -0.4 is 15.7 Å². The van der Waals surface area contributed by atoms with E-state index in [0.717, 1.165) is 11.1 Å². The molecule has 1 aromatic heterocycles. The highest BCUT2D eigenvalue weighted by molar-refractivity contribution is 14.1. The van der Waals surface area contributed by atoms with Gasteiger partial charge in [0.25, 0.3) is 0 Å². The van der Waals surface area contributed by atoms with Crippen LogP contribution in [0.4, 0.5) is 5.69 Å². The molecule has 3 aromatic rings. The lowest BCUT2D eigenvalue weighted by molar-refractivity contribution is 0.0615. The number of hydrogen-bond donors (Lipinski definition) is 1. The van der Waals surface area contributed by atoms with E-state index in [4.69, 9.17) is 9.15 Å². The van der Waals surface area contributed by atoms with Crippen LogP contribution >= 0.6 is 22.6 Å². The number of halogens is 1. The minimum Gasteiger partial charge on any atom is -0.467 e. The van der Waals surface area contributed by atoms with Crippen molar-refractivity contribution in [2.45, 2.75) is 38.3 Å². The van der Waals surface area contributed by atoms with Crippen molar-refractivity contribution in [1.29, 1.82) is 0 Å². The molecule has 1 N–H and O–H groups in total. The van der Waals surface area contributed by atoms with E-state index in [1.165, 1.54) is 3.57 Å². The number of fused-ring (bicyclic) bond motifs is 3. The molecule has 1 aliphatic heterocycles. The van der Waals surface area contributed by atoms with Gasteiger partial charge in [0.1, 0.15) is 11.3 Å². The molecule has 0 aliphatic carbocycles. The van der Waals surface area contributed by atoms with Gasteiger partial charge in [0, 0.05) is 21.1 Å². The van der Waals surface area contributed by atoms with E-state index >= 15 is 0 Å². The predicted octanol–water partition coefficient (Wildman–Crippen LogP) is 5.29. The van der Waals surface area contributed by atoms with Crippen LogP contribution in [0.1, 0.15) is 32.8 Å². The average molecular weight is 461 g/mol. The lowest BCUT2D eigenvalue weighted by Crippen LogP contribution is -2.51. The van der Waals surface area contributed by atoms with Gasteiger partial charge in [-0.25, -0.2) is 4.79 Å². The zero-order valence-electron chi connectivity index (χ0n) is 14.9. The van der Waals surface area contributed by atoms with E-state index in [1.807, 2.05) is 37.3 Å². The van der Waals surface area contributed by atoms with Crippen LogP contribution in [0.25, 0.3) is 11.0 Å². The van der Waals surface area contributed by atoms with Crippen molar-refractivity contribution in [3.63, 3.8) is 0 Å². The van der Waals surface area contributed by atoms with Gasteiger partial charge in [-0.05, 0) is 65.9 Å². The molecule has 0 amide bonds. The van der Waals surface area contributed by atoms with E-state index < -0.39 is 5.72 Å². The van der Waals surface area contributed by atoms with Crippen molar-refractivity contribution in [1.82, 2.24) is 0 Å². The smallest absolute Gasteiger partial charge is 0.343 e. The lowest BCUT2D eigenvalue weighted by Gasteiger charge is -2.44. The molecule has 0 spiro atoms. The highest BCUT2D eigenvalue weighted by Crippen LogP contribution is 2.46. The summed E-state index contributed by atoms with van der Waals surface area (Å²) in [6.07, 6.45) is 0.641. The number of hydrogen-bond acceptors (Lipinski definition) is 4. The molecular formula is C21H20INO3. The molecule has 4 rings (SSSR count). The highest BCUT2D eigenvalue weighted by Gasteiger charge is 2.45. The van der Waals surface area contributed by atoms with Crippen molar-refractivity contribution in [3.8, 4) is 5.75 Å². The molecular weight excluding hydrogens is 441 g/mol. The Hall–Kier alpha value is -2.02. The van der Waals surface area contributed by atoms with Crippen molar-refractivity contribution in [2.75, 3.05) is 5.32 Å². The second-order valence-electron chi connectivity index (χ2n) is 7.62. The monoisotopic (exact) mass is 461 g/mol. The molecule has 0 fully saturated rings. The standard InChI is InChI=1S/C21H20INO3/c1-20(2)12-21(3,23-14-10-8-13(22)9-11-14)26-18-15-6-4-5-7-16(15)25-19(24)17(18)20/h4-11,23H,12H2,1-3H3. The maximum absolute atomic E-state index is 12.6. The van der Waals surface area contributed by atoms with Crippen molar-refractivity contribution in [2.24, 2.45) is 0 Å². The van der Waals surface area contributed by atoms with Crippen LogP contribution in [0.3, 0.4) is 0 Å². The van der Waals surface area contributed by atoms with Gasteiger partial charge in [0.2, 0.25) is 0 Å². The summed E-state index contributed by atoms with van der Waals surface area (Å²) < 4.78 is 13.1. The molecule has 0 saturated carbocycles. The average Bonchev–Trinajstić information content (AvgIpc) is 2.55. The molecule has 1 aliphatic rings. The number of nitrogens with one attached hydrogen (secondary N) is 1. The second kappa shape index (κ2) is 6.01. The Balaban J connectivity index is 1.84. The number of anilines is 1. The summed E-state index contributed by atoms with van der Waals surface area (Å²) >= 11 is 2.29. The minimum absolute atomic E-state index is 0.319. The first-order valence-corrected chi connectivity index (χ1v) is 9.64. The zero-order valence-corrected chi connectivity index (χ0v) is 17.1. The van der Waals surface area contributed by atoms with E-state index in [9.17, 15) is 4.79 Å². The third kappa shape index (κ3) is 2.98. The fourth-order valence-electron chi connectivity index (χ4n) is 3.91. The molecule has 4 nitrogen and oxygen atoms in total. The Labute approximate surface area is 165 Å². The van der Waals surface area contributed by atoms with E-state index in [0.29, 0.717) is 23.3 Å². The normalized spacial score (nSPS) is 21.1. The Morgan fingerprint density at radius 1 is 1.04 bits per heavy atom. The van der Waals surface area contributed by atoms with Gasteiger partial charge in [-0.2, -0.15) is 0 Å². The van der Waals surface area contributed by atoms with Crippen LogP contribution in [0.15, 0.2) is 57.7 Å². The number of para-hydroxylation sites is 1. The molecule has 0 radical (unpaired) electrons. The molecule has 0 saturated heterocycles. The molecule has 0 bridgehead atoms. The fourth-order valence-corrected chi connectivity index (χ4v) is 4.27.